The van der Waals surface area contributed by atoms with Crippen LogP contribution in [-0.4, -0.2) is 48.8 Å². The summed E-state index contributed by atoms with van der Waals surface area (Å²) in [5.74, 6) is -0.538. The molecule has 0 aliphatic rings. The Morgan fingerprint density at radius 1 is 1.30 bits per heavy atom. The van der Waals surface area contributed by atoms with Gasteiger partial charge in [0.2, 0.25) is 0 Å². The molecule has 8 heteroatoms. The van der Waals surface area contributed by atoms with Gasteiger partial charge in [0, 0.05) is 10.9 Å². The summed E-state index contributed by atoms with van der Waals surface area (Å²) < 4.78 is 9.58. The maximum atomic E-state index is 12.1. The largest absolute Gasteiger partial charge is 0.497 e. The molecule has 7 nitrogen and oxygen atoms in total. The van der Waals surface area contributed by atoms with Crippen molar-refractivity contribution in [2.75, 3.05) is 20.8 Å². The summed E-state index contributed by atoms with van der Waals surface area (Å²) in [5, 5.41) is 13.7. The summed E-state index contributed by atoms with van der Waals surface area (Å²) in [4.78, 5) is 27.7. The number of aliphatic hydroxyl groups is 1. The fraction of sp³-hybridized carbons (Fsp3) is 0.267. The second kappa shape index (κ2) is 7.70. The number of hydrogen-bond donors (Lipinski definition) is 2. The molecule has 1 unspecified atom stereocenters. The molecule has 2 rings (SSSR count). The molecule has 0 aliphatic carbocycles. The topological polar surface area (TPSA) is 97.8 Å². The first-order chi connectivity index (χ1) is 11.1. The summed E-state index contributed by atoms with van der Waals surface area (Å²) in [6, 6.07) is 6.17. The molecule has 0 spiro atoms. The van der Waals surface area contributed by atoms with E-state index < -0.39 is 24.5 Å². The zero-order chi connectivity index (χ0) is 16.8. The van der Waals surface area contributed by atoms with E-state index in [0.717, 1.165) is 11.3 Å². The third kappa shape index (κ3) is 4.05. The van der Waals surface area contributed by atoms with Gasteiger partial charge in [0.1, 0.15) is 16.5 Å². The van der Waals surface area contributed by atoms with Crippen LogP contribution in [0.1, 0.15) is 10.5 Å². The lowest BCUT2D eigenvalue weighted by molar-refractivity contribution is -0.143. The van der Waals surface area contributed by atoms with Gasteiger partial charge in [-0.25, -0.2) is 9.78 Å². The molecule has 1 atom stereocenters. The van der Waals surface area contributed by atoms with Crippen LogP contribution in [0.5, 0.6) is 5.75 Å². The Kier molecular flexibility index (Phi) is 5.67. The van der Waals surface area contributed by atoms with Crippen LogP contribution in [-0.2, 0) is 9.53 Å². The minimum Gasteiger partial charge on any atom is -0.497 e. The lowest BCUT2D eigenvalue weighted by Gasteiger charge is -2.12. The zero-order valence-corrected chi connectivity index (χ0v) is 13.4. The molecule has 0 saturated heterocycles. The summed E-state index contributed by atoms with van der Waals surface area (Å²) in [6.45, 7) is -0.548. The summed E-state index contributed by atoms with van der Waals surface area (Å²) >= 11 is 1.30. The molecule has 0 aliphatic heterocycles. The lowest BCUT2D eigenvalue weighted by atomic mass is 10.2. The molecule has 1 aromatic carbocycles. The van der Waals surface area contributed by atoms with Gasteiger partial charge in [-0.2, -0.15) is 0 Å². The van der Waals surface area contributed by atoms with Gasteiger partial charge in [0.15, 0.2) is 6.04 Å². The van der Waals surface area contributed by atoms with Crippen molar-refractivity contribution in [1.82, 2.24) is 10.3 Å². The molecule has 1 amide bonds. The summed E-state index contributed by atoms with van der Waals surface area (Å²) in [5.41, 5.74) is 1.02. The van der Waals surface area contributed by atoms with Crippen molar-refractivity contribution >= 4 is 23.2 Å². The molecule has 0 radical (unpaired) electrons. The number of hydrogen-bond acceptors (Lipinski definition) is 7. The van der Waals surface area contributed by atoms with Crippen molar-refractivity contribution in [3.05, 3.63) is 35.3 Å². The van der Waals surface area contributed by atoms with Crippen LogP contribution >= 0.6 is 11.3 Å². The Morgan fingerprint density at radius 3 is 2.57 bits per heavy atom. The average molecular weight is 336 g/mol. The fourth-order valence-corrected chi connectivity index (χ4v) is 2.60. The highest BCUT2D eigenvalue weighted by atomic mass is 32.1. The first-order valence-electron chi connectivity index (χ1n) is 6.68. The number of ether oxygens (including phenoxy) is 2. The Bertz CT molecular complexity index is 683. The maximum Gasteiger partial charge on any atom is 0.330 e. The third-order valence-electron chi connectivity index (χ3n) is 3.05. The Balaban J connectivity index is 2.11. The quantitative estimate of drug-likeness (QED) is 0.766. The SMILES string of the molecule is COC(=O)C(CO)NC(=O)c1csc(-c2ccc(OC)cc2)n1. The number of carbonyl (C=O) groups is 2. The third-order valence-corrected chi connectivity index (χ3v) is 3.94. The molecule has 1 aromatic heterocycles. The van der Waals surface area contributed by atoms with Crippen LogP contribution in [0.4, 0.5) is 0 Å². The summed E-state index contributed by atoms with van der Waals surface area (Å²) in [7, 11) is 2.77. The van der Waals surface area contributed by atoms with Crippen LogP contribution < -0.4 is 10.1 Å². The number of thiazole rings is 1. The van der Waals surface area contributed by atoms with Gasteiger partial charge in [-0.15, -0.1) is 11.3 Å². The van der Waals surface area contributed by atoms with Crippen molar-refractivity contribution in [3.8, 4) is 16.3 Å². The fourth-order valence-electron chi connectivity index (χ4n) is 1.80. The van der Waals surface area contributed by atoms with E-state index in [0.29, 0.717) is 5.01 Å². The van der Waals surface area contributed by atoms with Crippen molar-refractivity contribution in [3.63, 3.8) is 0 Å². The van der Waals surface area contributed by atoms with E-state index in [1.54, 1.807) is 24.6 Å². The molecular weight excluding hydrogens is 320 g/mol. The van der Waals surface area contributed by atoms with Crippen LogP contribution in [0.15, 0.2) is 29.6 Å². The van der Waals surface area contributed by atoms with Gasteiger partial charge in [0.25, 0.3) is 5.91 Å². The van der Waals surface area contributed by atoms with E-state index in [1.165, 1.54) is 18.4 Å². The number of methoxy groups -OCH3 is 2. The van der Waals surface area contributed by atoms with E-state index in [1.807, 2.05) is 12.1 Å². The predicted molar refractivity (Wildman–Crippen MR) is 84.5 cm³/mol. The van der Waals surface area contributed by atoms with E-state index in [9.17, 15) is 9.59 Å². The van der Waals surface area contributed by atoms with Crippen LogP contribution in [0.3, 0.4) is 0 Å². The number of rotatable bonds is 6. The molecule has 2 aromatic rings. The lowest BCUT2D eigenvalue weighted by Crippen LogP contribution is -2.44. The second-order valence-electron chi connectivity index (χ2n) is 4.50. The first kappa shape index (κ1) is 16.9. The Hall–Kier alpha value is -2.45. The monoisotopic (exact) mass is 336 g/mol. The number of carbonyl (C=O) groups excluding carboxylic acids is 2. The Labute approximate surface area is 136 Å². The highest BCUT2D eigenvalue weighted by Gasteiger charge is 2.22. The smallest absolute Gasteiger partial charge is 0.330 e. The van der Waals surface area contributed by atoms with Gasteiger partial charge in [-0.1, -0.05) is 0 Å². The molecule has 0 fully saturated rings. The maximum absolute atomic E-state index is 12.1. The van der Waals surface area contributed by atoms with Gasteiger partial charge in [-0.05, 0) is 24.3 Å². The minimum absolute atomic E-state index is 0.170. The second-order valence-corrected chi connectivity index (χ2v) is 5.36. The summed E-state index contributed by atoms with van der Waals surface area (Å²) in [6.07, 6.45) is 0. The number of esters is 1. The normalized spacial score (nSPS) is 11.6. The van der Waals surface area contributed by atoms with Crippen LogP contribution in [0, 0.1) is 0 Å². The van der Waals surface area contributed by atoms with Crippen molar-refractivity contribution in [2.45, 2.75) is 6.04 Å². The molecule has 23 heavy (non-hydrogen) atoms. The van der Waals surface area contributed by atoms with Crippen LogP contribution in [0.2, 0.25) is 0 Å². The van der Waals surface area contributed by atoms with Crippen molar-refractivity contribution in [2.24, 2.45) is 0 Å². The minimum atomic E-state index is -1.11. The molecular formula is C15H16N2O5S. The zero-order valence-electron chi connectivity index (χ0n) is 12.6. The first-order valence-corrected chi connectivity index (χ1v) is 7.56. The molecule has 2 N–H and O–H groups in total. The van der Waals surface area contributed by atoms with Gasteiger partial charge in [0.05, 0.1) is 20.8 Å². The molecule has 122 valence electrons. The van der Waals surface area contributed by atoms with Gasteiger partial charge in [-0.3, -0.25) is 4.79 Å². The highest BCUT2D eigenvalue weighted by Crippen LogP contribution is 2.25. The van der Waals surface area contributed by atoms with E-state index in [-0.39, 0.29) is 5.69 Å². The standard InChI is InChI=1S/C15H16N2O5S/c1-21-10-5-3-9(4-6-10)14-17-12(8-23-14)13(19)16-11(7-18)15(20)22-2/h3-6,8,11,18H,7H2,1-2H3,(H,16,19). The van der Waals surface area contributed by atoms with E-state index in [4.69, 9.17) is 9.84 Å². The van der Waals surface area contributed by atoms with Gasteiger partial charge < -0.3 is 19.9 Å². The number of benzene rings is 1. The molecule has 0 bridgehead atoms. The van der Waals surface area contributed by atoms with Crippen molar-refractivity contribution in [1.29, 1.82) is 0 Å². The Morgan fingerprint density at radius 2 is 2.00 bits per heavy atom. The molecule has 1 heterocycles. The highest BCUT2D eigenvalue weighted by molar-refractivity contribution is 7.13. The molecule has 0 saturated carbocycles. The van der Waals surface area contributed by atoms with E-state index >= 15 is 0 Å². The number of amides is 1. The average Bonchev–Trinajstić information content (AvgIpc) is 3.09. The predicted octanol–water partition coefficient (Wildman–Crippen LogP) is 1.08. The number of aromatic nitrogens is 1. The number of aliphatic hydroxyl groups excluding tert-OH is 1. The van der Waals surface area contributed by atoms with Crippen LogP contribution in [0.25, 0.3) is 10.6 Å². The number of nitrogens with zero attached hydrogens (tertiary/aromatic N) is 1. The number of nitrogens with one attached hydrogen (secondary N) is 1. The van der Waals surface area contributed by atoms with Gasteiger partial charge >= 0.3 is 5.97 Å². The van der Waals surface area contributed by atoms with Crippen molar-refractivity contribution < 1.29 is 24.2 Å². The van der Waals surface area contributed by atoms with E-state index in [2.05, 4.69) is 15.0 Å².